The fourth-order valence-corrected chi connectivity index (χ4v) is 5.57. The van der Waals surface area contributed by atoms with Crippen molar-refractivity contribution in [2.24, 2.45) is 0 Å². The third-order valence-electron chi connectivity index (χ3n) is 8.27. The highest BCUT2D eigenvalue weighted by molar-refractivity contribution is 5.32. The van der Waals surface area contributed by atoms with E-state index >= 15 is 0 Å². The maximum Gasteiger partial charge on any atom is 0.123 e. The van der Waals surface area contributed by atoms with Gasteiger partial charge in [-0.2, -0.15) is 0 Å². The first-order valence-corrected chi connectivity index (χ1v) is 18.1. The lowest BCUT2D eigenvalue weighted by Crippen LogP contribution is -2.00. The molecule has 0 amide bonds. The molecule has 0 fully saturated rings. The topological polar surface area (TPSA) is 18.5 Å². The van der Waals surface area contributed by atoms with E-state index in [0.717, 1.165) is 37.6 Å². The Labute approximate surface area is 251 Å². The van der Waals surface area contributed by atoms with E-state index in [1.54, 1.807) is 0 Å². The van der Waals surface area contributed by atoms with E-state index in [9.17, 15) is 0 Å². The molecule has 1 aromatic carbocycles. The van der Waals surface area contributed by atoms with Crippen molar-refractivity contribution in [1.29, 1.82) is 0 Å². The summed E-state index contributed by atoms with van der Waals surface area (Å²) < 4.78 is 11.9. The van der Waals surface area contributed by atoms with E-state index in [2.05, 4.69) is 19.9 Å². The molecule has 1 aromatic rings. The summed E-state index contributed by atoms with van der Waals surface area (Å²) in [6.07, 6.45) is 38.8. The second-order valence-electron chi connectivity index (χ2n) is 12.3. The molecule has 0 atom stereocenters. The largest absolute Gasteiger partial charge is 0.493 e. The van der Waals surface area contributed by atoms with Crippen molar-refractivity contribution in [2.45, 2.75) is 194 Å². The summed E-state index contributed by atoms with van der Waals surface area (Å²) in [5, 5.41) is 0. The third-order valence-corrected chi connectivity index (χ3v) is 8.27. The zero-order valence-corrected chi connectivity index (χ0v) is 27.3. The number of ether oxygens (including phenoxy) is 2. The van der Waals surface area contributed by atoms with Crippen LogP contribution in [0.1, 0.15) is 194 Å². The van der Waals surface area contributed by atoms with Gasteiger partial charge in [-0.05, 0) is 31.0 Å². The van der Waals surface area contributed by atoms with E-state index < -0.39 is 0 Å². The van der Waals surface area contributed by atoms with Crippen molar-refractivity contribution in [3.05, 3.63) is 24.3 Å². The first kappa shape index (κ1) is 36.8. The molecule has 0 bridgehead atoms. The standard InChI is InChI=1S/C38H69O2/c1-3-5-7-9-11-13-15-17-19-21-23-25-27-29-34-39-37-32-31-33-38(36-37)40-35-30-28-26-24-22-20-18-16-14-12-10-8-6-4-2/h32-33,36H,3-30,34-35H2,1-2H3. The molecule has 40 heavy (non-hydrogen) atoms. The fraction of sp³-hybridized carbons (Fsp3) is 0.842. The first-order valence-electron chi connectivity index (χ1n) is 18.1. The van der Waals surface area contributed by atoms with Crippen LogP contribution in [0.15, 0.2) is 18.2 Å². The average molecular weight is 558 g/mol. The first-order chi connectivity index (χ1) is 19.9. The van der Waals surface area contributed by atoms with Gasteiger partial charge in [0.25, 0.3) is 0 Å². The molecule has 0 aliphatic heterocycles. The number of unbranched alkanes of at least 4 members (excludes halogenated alkanes) is 26. The van der Waals surface area contributed by atoms with Crippen LogP contribution in [0.3, 0.4) is 0 Å². The van der Waals surface area contributed by atoms with Gasteiger partial charge < -0.3 is 9.47 Å². The lowest BCUT2D eigenvalue weighted by molar-refractivity contribution is 0.289. The van der Waals surface area contributed by atoms with Gasteiger partial charge in [-0.1, -0.05) is 181 Å². The highest BCUT2D eigenvalue weighted by Crippen LogP contribution is 2.20. The van der Waals surface area contributed by atoms with E-state index in [-0.39, 0.29) is 0 Å². The molecule has 0 saturated carbocycles. The number of rotatable bonds is 32. The summed E-state index contributed by atoms with van der Waals surface area (Å²) in [6.45, 7) is 6.19. The van der Waals surface area contributed by atoms with Gasteiger partial charge >= 0.3 is 0 Å². The Kier molecular flexibility index (Phi) is 28.3. The quantitative estimate of drug-likeness (QED) is 0.0820. The van der Waals surface area contributed by atoms with E-state index in [4.69, 9.17) is 9.47 Å². The highest BCUT2D eigenvalue weighted by Gasteiger charge is 2.00. The molecule has 0 aliphatic carbocycles. The van der Waals surface area contributed by atoms with Crippen LogP contribution in [0.25, 0.3) is 0 Å². The lowest BCUT2D eigenvalue weighted by atomic mass is 10.0. The maximum absolute atomic E-state index is 5.97. The Balaban J connectivity index is 1.86. The van der Waals surface area contributed by atoms with Crippen molar-refractivity contribution in [2.75, 3.05) is 13.2 Å². The van der Waals surface area contributed by atoms with Crippen LogP contribution in [0.2, 0.25) is 0 Å². The Morgan fingerprint density at radius 1 is 0.375 bits per heavy atom. The van der Waals surface area contributed by atoms with Gasteiger partial charge in [0, 0.05) is 6.07 Å². The van der Waals surface area contributed by atoms with Gasteiger partial charge in [0.1, 0.15) is 11.5 Å². The van der Waals surface area contributed by atoms with Crippen LogP contribution in [0.5, 0.6) is 11.5 Å². The minimum atomic E-state index is 0.800. The molecule has 0 aliphatic rings. The van der Waals surface area contributed by atoms with Crippen LogP contribution in [-0.2, 0) is 0 Å². The molecule has 0 N–H and O–H groups in total. The van der Waals surface area contributed by atoms with Gasteiger partial charge in [0.05, 0.1) is 13.2 Å². The van der Waals surface area contributed by atoms with Gasteiger partial charge in [-0.25, -0.2) is 0 Å². The SMILES string of the molecule is CCCCCCCCCCCCCCCCOc1c[c]cc(OCCCCCCCCCCCCCCCC)c1. The Morgan fingerprint density at radius 3 is 0.900 bits per heavy atom. The molecule has 233 valence electrons. The Hall–Kier alpha value is -1.18. The smallest absolute Gasteiger partial charge is 0.123 e. The molecule has 0 aromatic heterocycles. The molecule has 1 rings (SSSR count). The summed E-state index contributed by atoms with van der Waals surface area (Å²) in [5.74, 6) is 1.79. The summed E-state index contributed by atoms with van der Waals surface area (Å²) >= 11 is 0. The van der Waals surface area contributed by atoms with Crippen LogP contribution < -0.4 is 9.47 Å². The molecular weight excluding hydrogens is 488 g/mol. The minimum Gasteiger partial charge on any atom is -0.493 e. The predicted molar refractivity (Wildman–Crippen MR) is 177 cm³/mol. The third kappa shape index (κ3) is 25.8. The molecule has 0 spiro atoms. The van der Waals surface area contributed by atoms with Gasteiger partial charge in [0.15, 0.2) is 0 Å². The number of hydrogen-bond donors (Lipinski definition) is 0. The van der Waals surface area contributed by atoms with Crippen LogP contribution in [0, 0.1) is 6.07 Å². The maximum atomic E-state index is 5.97. The van der Waals surface area contributed by atoms with Crippen molar-refractivity contribution < 1.29 is 9.47 Å². The van der Waals surface area contributed by atoms with E-state index in [0.29, 0.717) is 0 Å². The van der Waals surface area contributed by atoms with E-state index in [1.165, 1.54) is 167 Å². The second-order valence-corrected chi connectivity index (χ2v) is 12.3. The van der Waals surface area contributed by atoms with Crippen LogP contribution >= 0.6 is 0 Å². The second kappa shape index (κ2) is 30.8. The number of benzene rings is 1. The fourth-order valence-electron chi connectivity index (χ4n) is 5.57. The van der Waals surface area contributed by atoms with Crippen LogP contribution in [0.4, 0.5) is 0 Å². The molecule has 0 heterocycles. The summed E-state index contributed by atoms with van der Waals surface area (Å²) in [7, 11) is 0. The van der Waals surface area contributed by atoms with Gasteiger partial charge in [-0.15, -0.1) is 0 Å². The minimum absolute atomic E-state index is 0.800. The summed E-state index contributed by atoms with van der Waals surface area (Å²) in [4.78, 5) is 0. The molecule has 2 heteroatoms. The number of hydrogen-bond acceptors (Lipinski definition) is 2. The molecule has 0 saturated heterocycles. The van der Waals surface area contributed by atoms with Crippen LogP contribution in [-0.4, -0.2) is 13.2 Å². The monoisotopic (exact) mass is 558 g/mol. The highest BCUT2D eigenvalue weighted by atomic mass is 16.5. The van der Waals surface area contributed by atoms with Gasteiger partial charge in [0.2, 0.25) is 0 Å². The van der Waals surface area contributed by atoms with Crippen molar-refractivity contribution in [1.82, 2.24) is 0 Å². The predicted octanol–water partition coefficient (Wildman–Crippen LogP) is 13.2. The lowest BCUT2D eigenvalue weighted by Gasteiger charge is -2.10. The molecule has 1 radical (unpaired) electrons. The summed E-state index contributed by atoms with van der Waals surface area (Å²) in [6, 6.07) is 9.08. The molecular formula is C38H69O2. The van der Waals surface area contributed by atoms with Crippen molar-refractivity contribution in [3.63, 3.8) is 0 Å². The van der Waals surface area contributed by atoms with E-state index in [1.807, 2.05) is 18.2 Å². The van der Waals surface area contributed by atoms with Gasteiger partial charge in [-0.3, -0.25) is 0 Å². The average Bonchev–Trinajstić information content (AvgIpc) is 2.97. The zero-order chi connectivity index (χ0) is 28.6. The summed E-state index contributed by atoms with van der Waals surface area (Å²) in [5.41, 5.74) is 0. The normalized spacial score (nSPS) is 11.2. The Bertz CT molecular complexity index is 564. The zero-order valence-electron chi connectivity index (χ0n) is 27.3. The molecule has 2 nitrogen and oxygen atoms in total. The Morgan fingerprint density at radius 2 is 0.625 bits per heavy atom. The molecule has 0 unspecified atom stereocenters. The van der Waals surface area contributed by atoms with Crippen molar-refractivity contribution >= 4 is 0 Å². The van der Waals surface area contributed by atoms with Crippen molar-refractivity contribution in [3.8, 4) is 11.5 Å².